The van der Waals surface area contributed by atoms with E-state index in [1.54, 1.807) is 0 Å². The Bertz CT molecular complexity index is 467. The molecular formula is C18H28N2O3. The van der Waals surface area contributed by atoms with Crippen molar-refractivity contribution in [2.75, 3.05) is 26.2 Å². The van der Waals surface area contributed by atoms with Crippen molar-refractivity contribution in [2.45, 2.75) is 44.8 Å². The van der Waals surface area contributed by atoms with Crippen LogP contribution in [0.3, 0.4) is 0 Å². The highest BCUT2D eigenvalue weighted by Gasteiger charge is 2.28. The molecule has 1 aromatic carbocycles. The molecule has 23 heavy (non-hydrogen) atoms. The number of benzene rings is 1. The molecule has 2 rings (SSSR count). The minimum Gasteiger partial charge on any atom is -0.492 e. The third kappa shape index (κ3) is 5.84. The summed E-state index contributed by atoms with van der Waals surface area (Å²) in [6.07, 6.45) is 3.58. The van der Waals surface area contributed by atoms with Crippen molar-refractivity contribution in [1.29, 1.82) is 0 Å². The number of aliphatic hydroxyl groups excluding tert-OH is 1. The van der Waals surface area contributed by atoms with Crippen LogP contribution in [0, 0.1) is 0 Å². The van der Waals surface area contributed by atoms with E-state index in [1.165, 1.54) is 0 Å². The molecule has 0 radical (unpaired) electrons. The Hall–Kier alpha value is -1.59. The van der Waals surface area contributed by atoms with E-state index < -0.39 is 0 Å². The van der Waals surface area contributed by atoms with E-state index in [1.807, 2.05) is 37.3 Å². The van der Waals surface area contributed by atoms with Crippen LogP contribution in [0.25, 0.3) is 0 Å². The second-order valence-electron chi connectivity index (χ2n) is 6.02. The van der Waals surface area contributed by atoms with Gasteiger partial charge in [-0.1, -0.05) is 31.5 Å². The Morgan fingerprint density at radius 1 is 1.39 bits per heavy atom. The quantitative estimate of drug-likeness (QED) is 0.717. The summed E-state index contributed by atoms with van der Waals surface area (Å²) in [5.74, 6) is 0.806. The molecule has 1 heterocycles. The average molecular weight is 320 g/mol. The number of nitrogens with zero attached hydrogens (tertiary/aromatic N) is 1. The van der Waals surface area contributed by atoms with Crippen LogP contribution >= 0.6 is 0 Å². The van der Waals surface area contributed by atoms with Gasteiger partial charge in [-0.15, -0.1) is 0 Å². The van der Waals surface area contributed by atoms with Gasteiger partial charge in [-0.2, -0.15) is 0 Å². The van der Waals surface area contributed by atoms with Gasteiger partial charge in [0, 0.05) is 6.04 Å². The molecule has 1 amide bonds. The molecule has 0 saturated carbocycles. The van der Waals surface area contributed by atoms with Gasteiger partial charge in [0.25, 0.3) is 0 Å². The van der Waals surface area contributed by atoms with E-state index in [4.69, 9.17) is 4.74 Å². The first-order valence-electron chi connectivity index (χ1n) is 8.57. The summed E-state index contributed by atoms with van der Waals surface area (Å²) in [7, 11) is 0. The fraction of sp³-hybridized carbons (Fsp3) is 0.611. The van der Waals surface area contributed by atoms with E-state index in [2.05, 4.69) is 10.2 Å². The lowest BCUT2D eigenvalue weighted by atomic mass is 9.96. The minimum absolute atomic E-state index is 0.00290. The lowest BCUT2D eigenvalue weighted by Crippen LogP contribution is -2.50. The molecule has 1 saturated heterocycles. The molecule has 5 heteroatoms. The van der Waals surface area contributed by atoms with E-state index in [-0.39, 0.29) is 18.1 Å². The Labute approximate surface area is 138 Å². The van der Waals surface area contributed by atoms with Crippen molar-refractivity contribution >= 4 is 5.91 Å². The number of carbonyl (C=O) groups excluding carboxylic acids is 1. The summed E-state index contributed by atoms with van der Waals surface area (Å²) in [6.45, 7) is 4.17. The van der Waals surface area contributed by atoms with Crippen LogP contribution in [0.15, 0.2) is 30.3 Å². The fourth-order valence-electron chi connectivity index (χ4n) is 3.04. The highest BCUT2D eigenvalue weighted by atomic mass is 16.5. The first-order valence-corrected chi connectivity index (χ1v) is 8.57. The number of hydrogen-bond donors (Lipinski definition) is 2. The predicted molar refractivity (Wildman–Crippen MR) is 90.5 cm³/mol. The lowest BCUT2D eigenvalue weighted by Gasteiger charge is -2.37. The Kier molecular flexibility index (Phi) is 7.36. The van der Waals surface area contributed by atoms with Crippen LogP contribution in [-0.2, 0) is 4.79 Å². The number of para-hydroxylation sites is 1. The Balaban J connectivity index is 1.69. The third-order valence-electron chi connectivity index (χ3n) is 4.31. The van der Waals surface area contributed by atoms with Crippen LogP contribution in [0.4, 0.5) is 0 Å². The molecular weight excluding hydrogens is 292 g/mol. The highest BCUT2D eigenvalue weighted by molar-refractivity contribution is 5.78. The summed E-state index contributed by atoms with van der Waals surface area (Å²) in [6, 6.07) is 9.68. The number of aliphatic hydroxyl groups is 1. The lowest BCUT2D eigenvalue weighted by molar-refractivity contribution is -0.124. The molecule has 0 bridgehead atoms. The molecule has 0 aromatic heterocycles. The standard InChI is InChI=1S/C18H28N2O3/c1-2-17(21)16-10-6-7-12-20(16)14-18(22)19-11-13-23-15-8-4-3-5-9-15/h3-5,8-9,16-17,21H,2,6-7,10-14H2,1H3,(H,19,22). The van der Waals surface area contributed by atoms with Crippen molar-refractivity contribution in [3.63, 3.8) is 0 Å². The molecule has 0 aliphatic carbocycles. The SMILES string of the molecule is CCC(O)C1CCCCN1CC(=O)NCCOc1ccccc1. The largest absolute Gasteiger partial charge is 0.492 e. The number of hydrogen-bond acceptors (Lipinski definition) is 4. The summed E-state index contributed by atoms with van der Waals surface area (Å²) in [5.41, 5.74) is 0. The van der Waals surface area contributed by atoms with Crippen molar-refractivity contribution in [3.05, 3.63) is 30.3 Å². The van der Waals surface area contributed by atoms with Gasteiger partial charge in [-0.3, -0.25) is 9.69 Å². The van der Waals surface area contributed by atoms with Gasteiger partial charge < -0.3 is 15.2 Å². The first-order chi connectivity index (χ1) is 11.2. The molecule has 2 unspecified atom stereocenters. The second-order valence-corrected chi connectivity index (χ2v) is 6.02. The zero-order chi connectivity index (χ0) is 16.5. The monoisotopic (exact) mass is 320 g/mol. The number of likely N-dealkylation sites (tertiary alicyclic amines) is 1. The molecule has 2 N–H and O–H groups in total. The van der Waals surface area contributed by atoms with Gasteiger partial charge in [-0.05, 0) is 37.9 Å². The zero-order valence-corrected chi connectivity index (χ0v) is 13.9. The van der Waals surface area contributed by atoms with Gasteiger partial charge in [0.05, 0.1) is 19.2 Å². The summed E-state index contributed by atoms with van der Waals surface area (Å²) >= 11 is 0. The van der Waals surface area contributed by atoms with Crippen LogP contribution in [-0.4, -0.2) is 54.3 Å². The molecule has 1 aromatic rings. The van der Waals surface area contributed by atoms with Crippen LogP contribution in [0.2, 0.25) is 0 Å². The number of piperidine rings is 1. The molecule has 1 aliphatic heterocycles. The number of amides is 1. The second kappa shape index (κ2) is 9.53. The highest BCUT2D eigenvalue weighted by Crippen LogP contribution is 2.20. The zero-order valence-electron chi connectivity index (χ0n) is 13.9. The number of ether oxygens (including phenoxy) is 1. The number of nitrogens with one attached hydrogen (secondary N) is 1. The summed E-state index contributed by atoms with van der Waals surface area (Å²) < 4.78 is 5.55. The maximum absolute atomic E-state index is 12.1. The topological polar surface area (TPSA) is 61.8 Å². The third-order valence-corrected chi connectivity index (χ3v) is 4.31. The van der Waals surface area contributed by atoms with Gasteiger partial charge in [0.15, 0.2) is 0 Å². The molecule has 128 valence electrons. The molecule has 1 aliphatic rings. The number of carbonyl (C=O) groups is 1. The van der Waals surface area contributed by atoms with Crippen LogP contribution in [0.1, 0.15) is 32.6 Å². The van der Waals surface area contributed by atoms with Crippen molar-refractivity contribution in [3.8, 4) is 5.75 Å². The normalized spacial score (nSPS) is 20.0. The van der Waals surface area contributed by atoms with Gasteiger partial charge in [0.2, 0.25) is 5.91 Å². The van der Waals surface area contributed by atoms with Crippen LogP contribution in [0.5, 0.6) is 5.75 Å². The van der Waals surface area contributed by atoms with E-state index in [0.29, 0.717) is 19.7 Å². The van der Waals surface area contributed by atoms with Gasteiger partial charge >= 0.3 is 0 Å². The molecule has 0 spiro atoms. The van der Waals surface area contributed by atoms with Crippen molar-refractivity contribution < 1.29 is 14.6 Å². The Morgan fingerprint density at radius 2 is 2.17 bits per heavy atom. The van der Waals surface area contributed by atoms with Gasteiger partial charge in [0.1, 0.15) is 12.4 Å². The maximum atomic E-state index is 12.1. The van der Waals surface area contributed by atoms with Gasteiger partial charge in [-0.25, -0.2) is 0 Å². The minimum atomic E-state index is -0.343. The molecule has 2 atom stereocenters. The molecule has 5 nitrogen and oxygen atoms in total. The molecule has 1 fully saturated rings. The van der Waals surface area contributed by atoms with E-state index >= 15 is 0 Å². The number of rotatable bonds is 8. The first kappa shape index (κ1) is 17.8. The van der Waals surface area contributed by atoms with E-state index in [9.17, 15) is 9.90 Å². The average Bonchev–Trinajstić information content (AvgIpc) is 2.59. The summed E-state index contributed by atoms with van der Waals surface area (Å²) in [5, 5.41) is 13.0. The Morgan fingerprint density at radius 3 is 2.91 bits per heavy atom. The smallest absolute Gasteiger partial charge is 0.234 e. The fourth-order valence-corrected chi connectivity index (χ4v) is 3.04. The van der Waals surface area contributed by atoms with Crippen molar-refractivity contribution in [1.82, 2.24) is 10.2 Å². The van der Waals surface area contributed by atoms with E-state index in [0.717, 1.165) is 38.0 Å². The maximum Gasteiger partial charge on any atom is 0.234 e. The predicted octanol–water partition coefficient (Wildman–Crippen LogP) is 1.81. The van der Waals surface area contributed by atoms with Crippen LogP contribution < -0.4 is 10.1 Å². The van der Waals surface area contributed by atoms with Crippen molar-refractivity contribution in [2.24, 2.45) is 0 Å². The summed E-state index contributed by atoms with van der Waals surface area (Å²) in [4.78, 5) is 14.2.